The lowest BCUT2D eigenvalue weighted by atomic mass is 9.89. The minimum Gasteiger partial charge on any atom is -0.262 e. The van der Waals surface area contributed by atoms with Crippen LogP contribution in [0.15, 0.2) is 28.7 Å². The predicted octanol–water partition coefficient (Wildman–Crippen LogP) is 4.28. The molecule has 0 aliphatic heterocycles. The van der Waals surface area contributed by atoms with Gasteiger partial charge in [0.15, 0.2) is 5.82 Å². The van der Waals surface area contributed by atoms with Crippen LogP contribution in [-0.2, 0) is 0 Å². The average Bonchev–Trinajstić information content (AvgIpc) is 2.90. The van der Waals surface area contributed by atoms with Gasteiger partial charge in [-0.15, -0.1) is 0 Å². The van der Waals surface area contributed by atoms with Crippen LogP contribution in [0.2, 0.25) is 0 Å². The van der Waals surface area contributed by atoms with Gasteiger partial charge in [-0.05, 0) is 25.0 Å². The number of rotatable bonds is 2. The Hall–Kier alpha value is -1.16. The van der Waals surface area contributed by atoms with Crippen molar-refractivity contribution in [1.82, 2.24) is 15.2 Å². The van der Waals surface area contributed by atoms with Crippen LogP contribution in [-0.4, -0.2) is 15.2 Å². The second kappa shape index (κ2) is 5.22. The Morgan fingerprint density at radius 2 is 1.89 bits per heavy atom. The van der Waals surface area contributed by atoms with Crippen molar-refractivity contribution in [2.24, 2.45) is 0 Å². The van der Waals surface area contributed by atoms with Crippen LogP contribution in [0.1, 0.15) is 43.8 Å². The summed E-state index contributed by atoms with van der Waals surface area (Å²) in [4.78, 5) is 4.67. The second-order valence-electron chi connectivity index (χ2n) is 4.86. The zero-order chi connectivity index (χ0) is 12.4. The molecule has 0 radical (unpaired) electrons. The van der Waals surface area contributed by atoms with Crippen molar-refractivity contribution in [1.29, 1.82) is 0 Å². The maximum Gasteiger partial charge on any atom is 0.182 e. The number of hydrogen-bond acceptors (Lipinski definition) is 2. The van der Waals surface area contributed by atoms with E-state index in [1.165, 1.54) is 32.1 Å². The zero-order valence-electron chi connectivity index (χ0n) is 10.2. The number of hydrogen-bond donors (Lipinski definition) is 1. The number of H-pyrrole nitrogens is 1. The lowest BCUT2D eigenvalue weighted by Crippen LogP contribution is -2.06. The molecule has 0 unspecified atom stereocenters. The maximum absolute atomic E-state index is 4.67. The minimum atomic E-state index is 0.572. The van der Waals surface area contributed by atoms with Crippen molar-refractivity contribution in [2.45, 2.75) is 38.0 Å². The van der Waals surface area contributed by atoms with Crippen molar-refractivity contribution >= 4 is 15.9 Å². The van der Waals surface area contributed by atoms with Crippen LogP contribution in [0.3, 0.4) is 0 Å². The standard InChI is InChI=1S/C14H16BrN3/c15-12-9-5-4-8-11(12)14-16-13(17-18-14)10-6-2-1-3-7-10/h4-5,8-10H,1-3,6-7H2,(H,16,17,18). The van der Waals surface area contributed by atoms with Gasteiger partial charge in [0.2, 0.25) is 0 Å². The van der Waals surface area contributed by atoms with E-state index in [1.807, 2.05) is 24.3 Å². The van der Waals surface area contributed by atoms with Gasteiger partial charge in [0, 0.05) is 16.0 Å². The van der Waals surface area contributed by atoms with Crippen molar-refractivity contribution in [3.63, 3.8) is 0 Å². The van der Waals surface area contributed by atoms with Gasteiger partial charge in [-0.2, -0.15) is 5.10 Å². The molecule has 1 aliphatic carbocycles. The quantitative estimate of drug-likeness (QED) is 0.899. The first-order chi connectivity index (χ1) is 8.84. The summed E-state index contributed by atoms with van der Waals surface area (Å²) in [6, 6.07) is 8.07. The summed E-state index contributed by atoms with van der Waals surface area (Å²) in [7, 11) is 0. The molecule has 0 spiro atoms. The molecule has 18 heavy (non-hydrogen) atoms. The molecule has 1 heterocycles. The predicted molar refractivity (Wildman–Crippen MR) is 75.3 cm³/mol. The van der Waals surface area contributed by atoms with E-state index in [2.05, 4.69) is 31.1 Å². The maximum atomic E-state index is 4.67. The number of aromatic nitrogens is 3. The lowest BCUT2D eigenvalue weighted by Gasteiger charge is -2.18. The molecule has 4 heteroatoms. The molecule has 2 aromatic rings. The zero-order valence-corrected chi connectivity index (χ0v) is 11.8. The minimum absolute atomic E-state index is 0.572. The molecule has 0 saturated heterocycles. The van der Waals surface area contributed by atoms with E-state index in [-0.39, 0.29) is 0 Å². The third kappa shape index (κ3) is 2.34. The Bertz CT molecular complexity index is 529. The molecule has 1 aliphatic rings. The van der Waals surface area contributed by atoms with Gasteiger partial charge in [-0.25, -0.2) is 4.98 Å². The van der Waals surface area contributed by atoms with E-state index in [4.69, 9.17) is 0 Å². The second-order valence-corrected chi connectivity index (χ2v) is 5.71. The molecule has 94 valence electrons. The highest BCUT2D eigenvalue weighted by atomic mass is 79.9. The smallest absolute Gasteiger partial charge is 0.182 e. The molecule has 1 aromatic heterocycles. The van der Waals surface area contributed by atoms with Gasteiger partial charge in [0.25, 0.3) is 0 Å². The van der Waals surface area contributed by atoms with E-state index in [1.54, 1.807) is 0 Å². The third-order valence-corrected chi connectivity index (χ3v) is 4.30. The van der Waals surface area contributed by atoms with Crippen LogP contribution < -0.4 is 0 Å². The van der Waals surface area contributed by atoms with Gasteiger partial charge in [-0.3, -0.25) is 5.10 Å². The van der Waals surface area contributed by atoms with Crippen LogP contribution in [0.4, 0.5) is 0 Å². The van der Waals surface area contributed by atoms with Gasteiger partial charge in [0.05, 0.1) is 0 Å². The fourth-order valence-electron chi connectivity index (χ4n) is 2.60. The molecule has 3 nitrogen and oxygen atoms in total. The van der Waals surface area contributed by atoms with Crippen molar-refractivity contribution in [2.75, 3.05) is 0 Å². The molecular formula is C14H16BrN3. The van der Waals surface area contributed by atoms with Crippen molar-refractivity contribution in [3.05, 3.63) is 34.6 Å². The monoisotopic (exact) mass is 305 g/mol. The molecule has 0 atom stereocenters. The number of halogens is 1. The van der Waals surface area contributed by atoms with Crippen LogP contribution in [0, 0.1) is 0 Å². The number of aromatic amines is 1. The molecule has 0 bridgehead atoms. The van der Waals surface area contributed by atoms with Gasteiger partial charge >= 0.3 is 0 Å². The molecule has 0 amide bonds. The fraction of sp³-hybridized carbons (Fsp3) is 0.429. The van der Waals surface area contributed by atoms with Gasteiger partial charge in [0.1, 0.15) is 5.82 Å². The third-order valence-electron chi connectivity index (χ3n) is 3.61. The highest BCUT2D eigenvalue weighted by molar-refractivity contribution is 9.10. The highest BCUT2D eigenvalue weighted by Gasteiger charge is 2.19. The van der Waals surface area contributed by atoms with E-state index in [9.17, 15) is 0 Å². The number of nitrogens with zero attached hydrogens (tertiary/aromatic N) is 2. The number of benzene rings is 1. The molecule has 3 rings (SSSR count). The molecule has 1 fully saturated rings. The highest BCUT2D eigenvalue weighted by Crippen LogP contribution is 2.32. The van der Waals surface area contributed by atoms with E-state index in [0.29, 0.717) is 5.92 Å². The van der Waals surface area contributed by atoms with Crippen molar-refractivity contribution < 1.29 is 0 Å². The lowest BCUT2D eigenvalue weighted by molar-refractivity contribution is 0.429. The molecule has 1 aromatic carbocycles. The Morgan fingerprint density at radius 1 is 1.11 bits per heavy atom. The summed E-state index contributed by atoms with van der Waals surface area (Å²) in [5.74, 6) is 2.42. The first-order valence-corrected chi connectivity index (χ1v) is 7.31. The topological polar surface area (TPSA) is 41.6 Å². The Morgan fingerprint density at radius 3 is 2.67 bits per heavy atom. The first kappa shape index (κ1) is 11.9. The Labute approximate surface area is 115 Å². The van der Waals surface area contributed by atoms with Gasteiger partial charge < -0.3 is 0 Å². The number of nitrogens with one attached hydrogen (secondary N) is 1. The normalized spacial score (nSPS) is 16.9. The van der Waals surface area contributed by atoms with E-state index >= 15 is 0 Å². The fourth-order valence-corrected chi connectivity index (χ4v) is 3.06. The Kier molecular flexibility index (Phi) is 3.46. The summed E-state index contributed by atoms with van der Waals surface area (Å²) < 4.78 is 1.04. The molecular weight excluding hydrogens is 290 g/mol. The largest absolute Gasteiger partial charge is 0.262 e. The Balaban J connectivity index is 1.87. The van der Waals surface area contributed by atoms with Crippen molar-refractivity contribution in [3.8, 4) is 11.4 Å². The SMILES string of the molecule is Brc1ccccc1-c1n[nH]c(C2CCCCC2)n1. The summed E-state index contributed by atoms with van der Waals surface area (Å²) in [6.07, 6.45) is 6.47. The summed E-state index contributed by atoms with van der Waals surface area (Å²) >= 11 is 3.54. The van der Waals surface area contributed by atoms with E-state index in [0.717, 1.165) is 21.7 Å². The molecule has 1 saturated carbocycles. The average molecular weight is 306 g/mol. The summed E-state index contributed by atoms with van der Waals surface area (Å²) in [5, 5.41) is 7.48. The van der Waals surface area contributed by atoms with Crippen LogP contribution >= 0.6 is 15.9 Å². The first-order valence-electron chi connectivity index (χ1n) is 6.52. The van der Waals surface area contributed by atoms with E-state index < -0.39 is 0 Å². The summed E-state index contributed by atoms with van der Waals surface area (Å²) in [5.41, 5.74) is 1.05. The van der Waals surface area contributed by atoms with Gasteiger partial charge in [-0.1, -0.05) is 47.3 Å². The van der Waals surface area contributed by atoms with Crippen LogP contribution in [0.25, 0.3) is 11.4 Å². The van der Waals surface area contributed by atoms with Crippen LogP contribution in [0.5, 0.6) is 0 Å². The summed E-state index contributed by atoms with van der Waals surface area (Å²) in [6.45, 7) is 0. The molecule has 1 N–H and O–H groups in total.